The van der Waals surface area contributed by atoms with E-state index in [0.29, 0.717) is 12.8 Å². The van der Waals surface area contributed by atoms with Gasteiger partial charge in [0.05, 0.1) is 13.2 Å². The Morgan fingerprint density at radius 3 is 2.65 bits per heavy atom. The quantitative estimate of drug-likeness (QED) is 0.295. The predicted octanol–water partition coefficient (Wildman–Crippen LogP) is 3.56. The van der Waals surface area contributed by atoms with Gasteiger partial charge in [0.1, 0.15) is 6.10 Å². The largest absolute Gasteiger partial charge is 0.469 e. The van der Waals surface area contributed by atoms with Crippen molar-refractivity contribution < 1.29 is 24.5 Å². The maximum absolute atomic E-state index is 12.2. The van der Waals surface area contributed by atoms with Gasteiger partial charge in [-0.3, -0.25) is 9.59 Å². The summed E-state index contributed by atoms with van der Waals surface area (Å²) in [5, 5.41) is 19.9. The van der Waals surface area contributed by atoms with Crippen LogP contribution in [0.5, 0.6) is 0 Å². The van der Waals surface area contributed by atoms with Crippen LogP contribution in [0.1, 0.15) is 77.6 Å². The third-order valence-electron chi connectivity index (χ3n) is 5.26. The maximum atomic E-state index is 12.2. The normalized spacial score (nSPS) is 24.3. The van der Waals surface area contributed by atoms with E-state index in [1.807, 2.05) is 6.08 Å². The van der Waals surface area contributed by atoms with Crippen LogP contribution in [0.2, 0.25) is 0 Å². The zero-order valence-corrected chi connectivity index (χ0v) is 16.4. The van der Waals surface area contributed by atoms with Gasteiger partial charge < -0.3 is 14.9 Å². The Bertz CT molecular complexity index is 446. The van der Waals surface area contributed by atoms with Crippen molar-refractivity contribution in [3.05, 3.63) is 12.2 Å². The lowest BCUT2D eigenvalue weighted by molar-refractivity contribution is -0.140. The summed E-state index contributed by atoms with van der Waals surface area (Å²) in [7, 11) is 1.40. The summed E-state index contributed by atoms with van der Waals surface area (Å²) in [6, 6.07) is 0. The molecule has 0 spiro atoms. The topological polar surface area (TPSA) is 83.8 Å². The lowest BCUT2D eigenvalue weighted by atomic mass is 9.89. The van der Waals surface area contributed by atoms with Crippen LogP contribution < -0.4 is 0 Å². The number of aliphatic hydroxyl groups excluding tert-OH is 2. The Balaban J connectivity index is 2.36. The minimum Gasteiger partial charge on any atom is -0.469 e. The number of ketones is 1. The van der Waals surface area contributed by atoms with Crippen LogP contribution in [-0.2, 0) is 14.3 Å². The number of carbonyl (C=O) groups is 2. The first-order valence-corrected chi connectivity index (χ1v) is 10.1. The van der Waals surface area contributed by atoms with Gasteiger partial charge in [-0.25, -0.2) is 0 Å². The molecule has 5 heteroatoms. The third kappa shape index (κ3) is 8.45. The fourth-order valence-corrected chi connectivity index (χ4v) is 3.63. The van der Waals surface area contributed by atoms with E-state index in [1.165, 1.54) is 7.11 Å². The van der Waals surface area contributed by atoms with Crippen LogP contribution >= 0.6 is 0 Å². The molecule has 4 atom stereocenters. The van der Waals surface area contributed by atoms with Crippen molar-refractivity contribution in [2.24, 2.45) is 11.8 Å². The van der Waals surface area contributed by atoms with Gasteiger partial charge in [-0.2, -0.15) is 0 Å². The minimum atomic E-state index is -0.869. The molecule has 0 bridgehead atoms. The molecule has 0 aromatic carbocycles. The fourth-order valence-electron chi connectivity index (χ4n) is 3.63. The van der Waals surface area contributed by atoms with Gasteiger partial charge in [-0.15, -0.1) is 0 Å². The van der Waals surface area contributed by atoms with Crippen molar-refractivity contribution in [3.8, 4) is 0 Å². The van der Waals surface area contributed by atoms with Crippen LogP contribution in [0.3, 0.4) is 0 Å². The van der Waals surface area contributed by atoms with Crippen LogP contribution in [0.15, 0.2) is 12.2 Å². The molecule has 1 aliphatic carbocycles. The summed E-state index contributed by atoms with van der Waals surface area (Å²) in [4.78, 5) is 23.3. The van der Waals surface area contributed by atoms with E-state index in [9.17, 15) is 19.8 Å². The Labute approximate surface area is 157 Å². The number of aliphatic hydroxyl groups is 2. The molecule has 2 N–H and O–H groups in total. The summed E-state index contributed by atoms with van der Waals surface area (Å²) in [6.45, 7) is 2.13. The average Bonchev–Trinajstić information content (AvgIpc) is 2.90. The SMILES string of the molecule is CCCCCC(O)C=C[C@@H]1C[C@@H](O)C(=O)C1CCCCCCC(=O)OC. The number of carbonyl (C=O) groups excluding carboxylic acids is 2. The highest BCUT2D eigenvalue weighted by Crippen LogP contribution is 2.34. The molecule has 1 aliphatic rings. The predicted molar refractivity (Wildman–Crippen MR) is 102 cm³/mol. The summed E-state index contributed by atoms with van der Waals surface area (Å²) in [5.41, 5.74) is 0. The van der Waals surface area contributed by atoms with Gasteiger partial charge >= 0.3 is 5.97 Å². The van der Waals surface area contributed by atoms with E-state index in [0.717, 1.165) is 57.8 Å². The summed E-state index contributed by atoms with van der Waals surface area (Å²) in [6.07, 6.45) is 11.7. The van der Waals surface area contributed by atoms with Gasteiger partial charge in [0.2, 0.25) is 0 Å². The van der Waals surface area contributed by atoms with Crippen LogP contribution in [0.25, 0.3) is 0 Å². The van der Waals surface area contributed by atoms with Crippen LogP contribution in [0, 0.1) is 11.8 Å². The highest BCUT2D eigenvalue weighted by Gasteiger charge is 2.39. The Hall–Kier alpha value is -1.20. The molecule has 26 heavy (non-hydrogen) atoms. The molecule has 0 radical (unpaired) electrons. The third-order valence-corrected chi connectivity index (χ3v) is 5.26. The van der Waals surface area contributed by atoms with E-state index in [1.54, 1.807) is 6.08 Å². The highest BCUT2D eigenvalue weighted by molar-refractivity contribution is 5.88. The number of ether oxygens (including phenoxy) is 1. The molecular weight excluding hydrogens is 332 g/mol. The molecule has 0 aromatic heterocycles. The average molecular weight is 369 g/mol. The Morgan fingerprint density at radius 2 is 1.96 bits per heavy atom. The maximum Gasteiger partial charge on any atom is 0.305 e. The van der Waals surface area contributed by atoms with E-state index in [2.05, 4.69) is 11.7 Å². The van der Waals surface area contributed by atoms with Crippen molar-refractivity contribution in [1.29, 1.82) is 0 Å². The lowest BCUT2D eigenvalue weighted by Crippen LogP contribution is -2.19. The van der Waals surface area contributed by atoms with Gasteiger partial charge in [-0.1, -0.05) is 57.6 Å². The van der Waals surface area contributed by atoms with E-state index < -0.39 is 12.2 Å². The van der Waals surface area contributed by atoms with Gasteiger partial charge in [-0.05, 0) is 31.6 Å². The van der Waals surface area contributed by atoms with Gasteiger partial charge in [0, 0.05) is 12.3 Å². The molecule has 5 nitrogen and oxygen atoms in total. The zero-order chi connectivity index (χ0) is 19.4. The van der Waals surface area contributed by atoms with E-state index in [-0.39, 0.29) is 23.6 Å². The molecule has 0 aromatic rings. The lowest BCUT2D eigenvalue weighted by Gasteiger charge is -2.15. The van der Waals surface area contributed by atoms with Crippen molar-refractivity contribution in [2.75, 3.05) is 7.11 Å². The van der Waals surface area contributed by atoms with E-state index >= 15 is 0 Å². The number of hydrogen-bond acceptors (Lipinski definition) is 5. The Morgan fingerprint density at radius 1 is 1.23 bits per heavy atom. The highest BCUT2D eigenvalue weighted by atomic mass is 16.5. The number of unbranched alkanes of at least 4 members (excludes halogenated alkanes) is 5. The first-order chi connectivity index (χ1) is 12.5. The zero-order valence-electron chi connectivity index (χ0n) is 16.4. The smallest absolute Gasteiger partial charge is 0.305 e. The van der Waals surface area contributed by atoms with Crippen molar-refractivity contribution >= 4 is 11.8 Å². The number of methoxy groups -OCH3 is 1. The second-order valence-corrected chi connectivity index (χ2v) is 7.40. The van der Waals surface area contributed by atoms with Crippen LogP contribution in [0.4, 0.5) is 0 Å². The second kappa shape index (κ2) is 13.0. The van der Waals surface area contributed by atoms with Gasteiger partial charge in [0.15, 0.2) is 5.78 Å². The van der Waals surface area contributed by atoms with Crippen LogP contribution in [-0.4, -0.2) is 41.3 Å². The fraction of sp³-hybridized carbons (Fsp3) is 0.810. The molecule has 0 aliphatic heterocycles. The van der Waals surface area contributed by atoms with Crippen molar-refractivity contribution in [1.82, 2.24) is 0 Å². The molecule has 150 valence electrons. The van der Waals surface area contributed by atoms with Gasteiger partial charge in [0.25, 0.3) is 0 Å². The molecule has 0 amide bonds. The van der Waals surface area contributed by atoms with Crippen molar-refractivity contribution in [2.45, 2.75) is 89.8 Å². The first-order valence-electron chi connectivity index (χ1n) is 10.1. The van der Waals surface area contributed by atoms with Crippen molar-refractivity contribution in [3.63, 3.8) is 0 Å². The number of rotatable bonds is 13. The molecule has 1 rings (SSSR count). The molecule has 1 fully saturated rings. The summed E-state index contributed by atoms with van der Waals surface area (Å²) >= 11 is 0. The van der Waals surface area contributed by atoms with E-state index in [4.69, 9.17) is 0 Å². The number of allylic oxidation sites excluding steroid dienone is 1. The number of hydrogen-bond donors (Lipinski definition) is 2. The molecule has 0 heterocycles. The number of Topliss-reactive ketones (excluding diaryl/α,β-unsaturated/α-hetero) is 1. The molecule has 2 unspecified atom stereocenters. The standard InChI is InChI=1S/C21H36O5/c1-3-4-7-10-17(22)14-13-16-15-19(23)21(25)18(16)11-8-5-6-9-12-20(24)26-2/h13-14,16-19,22-23H,3-12,15H2,1-2H3/t16-,17?,18?,19-/m1/s1. The summed E-state index contributed by atoms with van der Waals surface area (Å²) in [5.74, 6) is -0.366. The number of esters is 1. The summed E-state index contributed by atoms with van der Waals surface area (Å²) < 4.78 is 4.62. The first kappa shape index (κ1) is 22.8. The second-order valence-electron chi connectivity index (χ2n) is 7.40. The molecule has 0 saturated heterocycles. The Kier molecular flexibility index (Phi) is 11.5. The molecular formula is C21H36O5. The monoisotopic (exact) mass is 368 g/mol. The minimum absolute atomic E-state index is 0.0217. The molecule has 1 saturated carbocycles.